The van der Waals surface area contributed by atoms with E-state index in [1.807, 2.05) is 12.1 Å². The van der Waals surface area contributed by atoms with E-state index in [2.05, 4.69) is 19.2 Å². The second-order valence-corrected chi connectivity index (χ2v) is 11.4. The lowest BCUT2D eigenvalue weighted by Gasteiger charge is -2.34. The van der Waals surface area contributed by atoms with Crippen molar-refractivity contribution in [2.45, 2.75) is 56.4 Å². The predicted octanol–water partition coefficient (Wildman–Crippen LogP) is 1.75. The summed E-state index contributed by atoms with van der Waals surface area (Å²) in [5, 5.41) is 2.74. The minimum absolute atomic E-state index is 0.127. The molecule has 1 aromatic carbocycles. The molecule has 3 aliphatic rings. The standard InChI is InChI=1S/C23H32N4O5S/c1-4-16(2)17-5-9-19(10-6-17)33(31,32)26-13-11-25(12-14-26)20(28)15-27-21(29)23(3,18-7-8-18)24-22(27)30/h5-6,9-10,16,18H,4,7-8,11-15H2,1-3H3,(H,24,30)/t16-,23-/m1/s1. The smallest absolute Gasteiger partial charge is 0.325 e. The fourth-order valence-electron chi connectivity index (χ4n) is 4.56. The largest absolute Gasteiger partial charge is 0.338 e. The van der Waals surface area contributed by atoms with Crippen LogP contribution in [0.25, 0.3) is 0 Å². The molecular weight excluding hydrogens is 444 g/mol. The highest BCUT2D eigenvalue weighted by molar-refractivity contribution is 7.89. The number of nitrogens with one attached hydrogen (secondary N) is 1. The van der Waals surface area contributed by atoms with Crippen LogP contribution in [0.4, 0.5) is 4.79 Å². The maximum atomic E-state index is 13.0. The molecule has 2 heterocycles. The maximum absolute atomic E-state index is 13.0. The normalized spacial score (nSPS) is 25.3. The third-order valence-electron chi connectivity index (χ3n) is 7.28. The number of piperazine rings is 1. The Morgan fingerprint density at radius 1 is 1.12 bits per heavy atom. The molecule has 3 fully saturated rings. The minimum atomic E-state index is -3.65. The van der Waals surface area contributed by atoms with Gasteiger partial charge in [-0.25, -0.2) is 13.2 Å². The monoisotopic (exact) mass is 476 g/mol. The second kappa shape index (κ2) is 8.72. The van der Waals surface area contributed by atoms with Gasteiger partial charge in [-0.3, -0.25) is 14.5 Å². The van der Waals surface area contributed by atoms with Crippen LogP contribution in [0.3, 0.4) is 0 Å². The van der Waals surface area contributed by atoms with Crippen molar-refractivity contribution in [1.82, 2.24) is 19.4 Å². The van der Waals surface area contributed by atoms with E-state index in [1.54, 1.807) is 19.1 Å². The Balaban J connectivity index is 1.35. The molecule has 9 nitrogen and oxygen atoms in total. The Bertz CT molecular complexity index is 1050. The first-order valence-electron chi connectivity index (χ1n) is 11.6. The lowest BCUT2D eigenvalue weighted by atomic mass is 9.96. The quantitative estimate of drug-likeness (QED) is 0.604. The molecule has 1 aromatic rings. The van der Waals surface area contributed by atoms with E-state index in [-0.39, 0.29) is 55.4 Å². The van der Waals surface area contributed by atoms with Gasteiger partial charge in [0.05, 0.1) is 4.90 Å². The van der Waals surface area contributed by atoms with Gasteiger partial charge < -0.3 is 10.2 Å². The highest BCUT2D eigenvalue weighted by atomic mass is 32.2. The molecule has 2 atom stereocenters. The first kappa shape index (κ1) is 23.7. The molecule has 4 rings (SSSR count). The highest BCUT2D eigenvalue weighted by Crippen LogP contribution is 2.42. The van der Waals surface area contributed by atoms with Crippen molar-refractivity contribution in [2.24, 2.45) is 5.92 Å². The van der Waals surface area contributed by atoms with Crippen molar-refractivity contribution in [2.75, 3.05) is 32.7 Å². The number of amides is 4. The minimum Gasteiger partial charge on any atom is -0.338 e. The molecule has 0 aromatic heterocycles. The predicted molar refractivity (Wildman–Crippen MR) is 122 cm³/mol. The van der Waals surface area contributed by atoms with Crippen LogP contribution in [-0.2, 0) is 19.6 Å². The van der Waals surface area contributed by atoms with E-state index in [9.17, 15) is 22.8 Å². The Kier molecular flexibility index (Phi) is 6.26. The van der Waals surface area contributed by atoms with E-state index in [0.717, 1.165) is 29.7 Å². The van der Waals surface area contributed by atoms with Crippen molar-refractivity contribution in [1.29, 1.82) is 0 Å². The zero-order valence-electron chi connectivity index (χ0n) is 19.4. The second-order valence-electron chi connectivity index (χ2n) is 9.46. The van der Waals surface area contributed by atoms with Gasteiger partial charge in [-0.15, -0.1) is 0 Å². The van der Waals surface area contributed by atoms with E-state index in [0.29, 0.717) is 5.92 Å². The third kappa shape index (κ3) is 4.38. The average molecular weight is 477 g/mol. The number of benzene rings is 1. The van der Waals surface area contributed by atoms with Gasteiger partial charge in [-0.05, 0) is 55.7 Å². The van der Waals surface area contributed by atoms with Gasteiger partial charge in [0, 0.05) is 26.2 Å². The molecule has 0 spiro atoms. The molecule has 0 unspecified atom stereocenters. The van der Waals surface area contributed by atoms with Crippen molar-refractivity contribution in [3.05, 3.63) is 29.8 Å². The van der Waals surface area contributed by atoms with Crippen LogP contribution in [0.2, 0.25) is 0 Å². The van der Waals surface area contributed by atoms with Gasteiger partial charge in [-0.1, -0.05) is 26.0 Å². The number of urea groups is 1. The number of sulfonamides is 1. The molecule has 180 valence electrons. The van der Waals surface area contributed by atoms with Gasteiger partial charge in [0.25, 0.3) is 5.91 Å². The van der Waals surface area contributed by atoms with Crippen LogP contribution in [0.15, 0.2) is 29.2 Å². The lowest BCUT2D eigenvalue weighted by Crippen LogP contribution is -2.53. The fraction of sp³-hybridized carbons (Fsp3) is 0.609. The molecule has 0 radical (unpaired) electrons. The lowest BCUT2D eigenvalue weighted by molar-refractivity contribution is -0.139. The van der Waals surface area contributed by atoms with E-state index in [4.69, 9.17) is 0 Å². The van der Waals surface area contributed by atoms with E-state index in [1.165, 1.54) is 9.21 Å². The first-order chi connectivity index (χ1) is 15.6. The first-order valence-corrected chi connectivity index (χ1v) is 13.0. The molecule has 0 bridgehead atoms. The third-order valence-corrected chi connectivity index (χ3v) is 9.19. The summed E-state index contributed by atoms with van der Waals surface area (Å²) in [6.07, 6.45) is 2.76. The van der Waals surface area contributed by atoms with Gasteiger partial charge in [0.2, 0.25) is 15.9 Å². The summed E-state index contributed by atoms with van der Waals surface area (Å²) < 4.78 is 27.5. The Morgan fingerprint density at radius 3 is 2.27 bits per heavy atom. The van der Waals surface area contributed by atoms with Gasteiger partial charge >= 0.3 is 6.03 Å². The molecule has 10 heteroatoms. The van der Waals surface area contributed by atoms with Crippen molar-refractivity contribution in [3.8, 4) is 0 Å². The zero-order valence-corrected chi connectivity index (χ0v) is 20.2. The van der Waals surface area contributed by atoms with Crippen LogP contribution in [0.5, 0.6) is 0 Å². The molecule has 4 amide bonds. The molecule has 33 heavy (non-hydrogen) atoms. The number of hydrogen-bond acceptors (Lipinski definition) is 5. The van der Waals surface area contributed by atoms with Crippen LogP contribution >= 0.6 is 0 Å². The number of nitrogens with zero attached hydrogens (tertiary/aromatic N) is 3. The zero-order chi connectivity index (χ0) is 24.0. The van der Waals surface area contributed by atoms with E-state index < -0.39 is 21.6 Å². The summed E-state index contributed by atoms with van der Waals surface area (Å²) in [4.78, 5) is 40.6. The van der Waals surface area contributed by atoms with Crippen LogP contribution < -0.4 is 5.32 Å². The number of hydrogen-bond donors (Lipinski definition) is 1. The SMILES string of the molecule is CC[C@@H](C)c1ccc(S(=O)(=O)N2CCN(C(=O)CN3C(=O)N[C@](C)(C4CC4)C3=O)CC2)cc1. The van der Waals surface area contributed by atoms with Gasteiger partial charge in [0.1, 0.15) is 12.1 Å². The topological polar surface area (TPSA) is 107 Å². The Hall–Kier alpha value is -2.46. The van der Waals surface area contributed by atoms with Crippen LogP contribution in [0.1, 0.15) is 51.5 Å². The number of imide groups is 1. The van der Waals surface area contributed by atoms with E-state index >= 15 is 0 Å². The summed E-state index contributed by atoms with van der Waals surface area (Å²) in [6.45, 7) is 6.35. The molecule has 1 saturated carbocycles. The van der Waals surface area contributed by atoms with Crippen molar-refractivity contribution in [3.63, 3.8) is 0 Å². The van der Waals surface area contributed by atoms with Gasteiger partial charge in [-0.2, -0.15) is 4.31 Å². The van der Waals surface area contributed by atoms with Crippen LogP contribution in [0, 0.1) is 5.92 Å². The molecule has 1 N–H and O–H groups in total. The maximum Gasteiger partial charge on any atom is 0.325 e. The molecular formula is C23H32N4O5S. The van der Waals surface area contributed by atoms with Crippen LogP contribution in [-0.4, -0.2) is 78.6 Å². The van der Waals surface area contributed by atoms with Crippen molar-refractivity contribution < 1.29 is 22.8 Å². The summed E-state index contributed by atoms with van der Waals surface area (Å²) >= 11 is 0. The number of carbonyl (C=O) groups is 3. The number of rotatable bonds is 7. The molecule has 1 aliphatic carbocycles. The van der Waals surface area contributed by atoms with Gasteiger partial charge in [0.15, 0.2) is 0 Å². The number of carbonyl (C=O) groups excluding carboxylic acids is 3. The summed E-state index contributed by atoms with van der Waals surface area (Å²) in [6, 6.07) is 6.46. The average Bonchev–Trinajstić information content (AvgIpc) is 3.64. The highest BCUT2D eigenvalue weighted by Gasteiger charge is 2.56. The summed E-state index contributed by atoms with van der Waals surface area (Å²) in [5.74, 6) is -0.219. The van der Waals surface area contributed by atoms with Crippen molar-refractivity contribution >= 4 is 27.9 Å². The fourth-order valence-corrected chi connectivity index (χ4v) is 5.99. The molecule has 2 aliphatic heterocycles. The Morgan fingerprint density at radius 2 is 1.73 bits per heavy atom. The summed E-state index contributed by atoms with van der Waals surface area (Å²) in [7, 11) is -3.65. The summed E-state index contributed by atoms with van der Waals surface area (Å²) in [5.41, 5.74) is 0.180. The Labute approximate surface area is 195 Å². The molecule has 2 saturated heterocycles.